The number of rotatable bonds is 6. The number of hydrogen-bond acceptors (Lipinski definition) is 7. The molecule has 2 aromatic heterocycles. The summed E-state index contributed by atoms with van der Waals surface area (Å²) in [7, 11) is -1.32. The average Bonchev–Trinajstić information content (AvgIpc) is 3.30. The Morgan fingerprint density at radius 3 is 2.88 bits per heavy atom. The molecule has 1 fully saturated rings. The van der Waals surface area contributed by atoms with Crippen molar-refractivity contribution in [2.24, 2.45) is 0 Å². The molecule has 2 aromatic rings. The van der Waals surface area contributed by atoms with Crippen LogP contribution in [0, 0.1) is 0 Å². The van der Waals surface area contributed by atoms with Crippen molar-refractivity contribution in [1.82, 2.24) is 19.7 Å². The first-order valence-corrected chi connectivity index (χ1v) is 11.7. The molecule has 0 spiro atoms. The number of aromatic nitrogens is 3. The maximum atomic E-state index is 12.4. The number of nitrogens with zero attached hydrogens (tertiary/aromatic N) is 4. The second kappa shape index (κ2) is 7.46. The number of carbonyl (C=O) groups excluding carboxylic acids is 1. The van der Waals surface area contributed by atoms with Crippen molar-refractivity contribution >= 4 is 38.8 Å². The second-order valence-corrected chi connectivity index (χ2v) is 10.00. The van der Waals surface area contributed by atoms with E-state index in [0.29, 0.717) is 18.1 Å². The zero-order valence-corrected chi connectivity index (χ0v) is 16.5. The summed E-state index contributed by atoms with van der Waals surface area (Å²) >= 11 is 2.94. The Morgan fingerprint density at radius 1 is 1.48 bits per heavy atom. The van der Waals surface area contributed by atoms with Crippen LogP contribution in [0.3, 0.4) is 0 Å². The van der Waals surface area contributed by atoms with E-state index >= 15 is 0 Å². The van der Waals surface area contributed by atoms with Crippen LogP contribution in [0.15, 0.2) is 22.7 Å². The zero-order chi connectivity index (χ0) is 18.0. The van der Waals surface area contributed by atoms with Gasteiger partial charge < -0.3 is 9.47 Å². The smallest absolute Gasteiger partial charge is 0.233 e. The van der Waals surface area contributed by atoms with Gasteiger partial charge in [0.2, 0.25) is 5.91 Å². The summed E-state index contributed by atoms with van der Waals surface area (Å²) in [5, 5.41) is 11.1. The van der Waals surface area contributed by atoms with E-state index in [1.165, 1.54) is 11.8 Å². The van der Waals surface area contributed by atoms with Crippen molar-refractivity contribution in [1.29, 1.82) is 0 Å². The van der Waals surface area contributed by atoms with Gasteiger partial charge in [-0.2, -0.15) is 0 Å². The monoisotopic (exact) mass is 400 g/mol. The molecule has 136 valence electrons. The zero-order valence-electron chi connectivity index (χ0n) is 14.1. The minimum atomic E-state index is -3.00. The Hall–Kier alpha value is -1.39. The second-order valence-electron chi connectivity index (χ2n) is 5.88. The van der Waals surface area contributed by atoms with Gasteiger partial charge in [-0.15, -0.1) is 21.5 Å². The van der Waals surface area contributed by atoms with Crippen molar-refractivity contribution in [2.45, 2.75) is 31.1 Å². The Labute approximate surface area is 155 Å². The highest BCUT2D eigenvalue weighted by Gasteiger charge is 2.32. The number of carbonyl (C=O) groups is 1. The van der Waals surface area contributed by atoms with Gasteiger partial charge in [-0.05, 0) is 24.8 Å². The van der Waals surface area contributed by atoms with Crippen LogP contribution in [0.1, 0.15) is 13.3 Å². The molecule has 1 atom stereocenters. The molecule has 0 saturated carbocycles. The van der Waals surface area contributed by atoms with Crippen molar-refractivity contribution in [3.8, 4) is 10.7 Å². The first kappa shape index (κ1) is 18.4. The lowest BCUT2D eigenvalue weighted by Crippen LogP contribution is -2.38. The number of hydrogen-bond donors (Lipinski definition) is 0. The quantitative estimate of drug-likeness (QED) is 0.687. The maximum Gasteiger partial charge on any atom is 0.233 e. The molecule has 1 aliphatic rings. The third-order valence-electron chi connectivity index (χ3n) is 4.25. The maximum absolute atomic E-state index is 12.4. The minimum Gasteiger partial charge on any atom is -0.341 e. The van der Waals surface area contributed by atoms with E-state index in [9.17, 15) is 13.2 Å². The lowest BCUT2D eigenvalue weighted by Gasteiger charge is -2.23. The highest BCUT2D eigenvalue weighted by molar-refractivity contribution is 7.99. The van der Waals surface area contributed by atoms with Gasteiger partial charge in [-0.1, -0.05) is 17.8 Å². The predicted molar refractivity (Wildman–Crippen MR) is 99.6 cm³/mol. The number of thioether (sulfide) groups is 1. The van der Waals surface area contributed by atoms with Crippen LogP contribution in [0.2, 0.25) is 0 Å². The van der Waals surface area contributed by atoms with Gasteiger partial charge >= 0.3 is 0 Å². The molecule has 0 bridgehead atoms. The molecular formula is C15H20N4O3S3. The van der Waals surface area contributed by atoms with Crippen LogP contribution < -0.4 is 0 Å². The van der Waals surface area contributed by atoms with Crippen molar-refractivity contribution < 1.29 is 13.2 Å². The molecule has 0 unspecified atom stereocenters. The van der Waals surface area contributed by atoms with Gasteiger partial charge in [0.25, 0.3) is 0 Å². The van der Waals surface area contributed by atoms with Gasteiger partial charge in [-0.25, -0.2) is 8.42 Å². The number of sulfone groups is 1. The molecule has 0 N–H and O–H groups in total. The summed E-state index contributed by atoms with van der Waals surface area (Å²) in [6, 6.07) is 3.74. The van der Waals surface area contributed by atoms with E-state index in [0.717, 1.165) is 10.7 Å². The van der Waals surface area contributed by atoms with Crippen LogP contribution in [0.4, 0.5) is 0 Å². The Kier molecular flexibility index (Phi) is 5.49. The third kappa shape index (κ3) is 4.06. The van der Waals surface area contributed by atoms with Gasteiger partial charge in [0.1, 0.15) is 0 Å². The normalized spacial score (nSPS) is 19.2. The SMILES string of the molecule is CCn1c(SCC(=O)N(C)[C@H]2CCS(=O)(=O)C2)nnc1-c1cccs1. The Morgan fingerprint density at radius 2 is 2.28 bits per heavy atom. The molecule has 3 heterocycles. The first-order valence-electron chi connectivity index (χ1n) is 7.97. The molecule has 25 heavy (non-hydrogen) atoms. The largest absolute Gasteiger partial charge is 0.341 e. The summed E-state index contributed by atoms with van der Waals surface area (Å²) in [6.45, 7) is 2.73. The van der Waals surface area contributed by atoms with Crippen LogP contribution in [-0.2, 0) is 21.2 Å². The lowest BCUT2D eigenvalue weighted by molar-refractivity contribution is -0.128. The molecule has 1 amide bonds. The molecule has 1 saturated heterocycles. The summed E-state index contributed by atoms with van der Waals surface area (Å²) in [5.41, 5.74) is 0. The average molecular weight is 401 g/mol. The van der Waals surface area contributed by atoms with E-state index in [-0.39, 0.29) is 29.2 Å². The van der Waals surface area contributed by atoms with Crippen LogP contribution >= 0.6 is 23.1 Å². The fourth-order valence-electron chi connectivity index (χ4n) is 2.78. The summed E-state index contributed by atoms with van der Waals surface area (Å²) in [4.78, 5) is 15.0. The first-order chi connectivity index (χ1) is 11.9. The molecule has 10 heteroatoms. The summed E-state index contributed by atoms with van der Waals surface area (Å²) in [6.07, 6.45) is 0.517. The molecular weight excluding hydrogens is 380 g/mol. The predicted octanol–water partition coefficient (Wildman–Crippen LogP) is 1.76. The van der Waals surface area contributed by atoms with Crippen LogP contribution in [0.5, 0.6) is 0 Å². The third-order valence-corrected chi connectivity index (χ3v) is 7.82. The molecule has 3 rings (SSSR count). The van der Waals surface area contributed by atoms with Gasteiger partial charge in [0, 0.05) is 19.6 Å². The fraction of sp³-hybridized carbons (Fsp3) is 0.533. The number of thiophene rings is 1. The summed E-state index contributed by atoms with van der Waals surface area (Å²) in [5.74, 6) is 1.16. The molecule has 0 aromatic carbocycles. The highest BCUT2D eigenvalue weighted by Crippen LogP contribution is 2.27. The van der Waals surface area contributed by atoms with Gasteiger partial charge in [0.15, 0.2) is 20.8 Å². The number of amides is 1. The van der Waals surface area contributed by atoms with Crippen molar-refractivity contribution in [3.63, 3.8) is 0 Å². The van der Waals surface area contributed by atoms with Crippen molar-refractivity contribution in [2.75, 3.05) is 24.3 Å². The van der Waals surface area contributed by atoms with Crippen LogP contribution in [-0.4, -0.2) is 64.3 Å². The minimum absolute atomic E-state index is 0.0631. The standard InChI is InChI=1S/C15H20N4O3S3/c1-3-19-14(12-5-4-7-23-12)16-17-15(19)24-9-13(20)18(2)11-6-8-25(21,22)10-11/h4-5,7,11H,3,6,8-10H2,1-2H3/t11-/m0/s1. The topological polar surface area (TPSA) is 85.2 Å². The molecule has 0 aliphatic carbocycles. The van der Waals surface area contributed by atoms with Gasteiger partial charge in [0.05, 0.1) is 22.1 Å². The van der Waals surface area contributed by atoms with Gasteiger partial charge in [-0.3, -0.25) is 4.79 Å². The van der Waals surface area contributed by atoms with E-state index in [1.54, 1.807) is 23.3 Å². The molecule has 1 aliphatic heterocycles. The molecule has 7 nitrogen and oxygen atoms in total. The van der Waals surface area contributed by atoms with E-state index < -0.39 is 9.84 Å². The fourth-order valence-corrected chi connectivity index (χ4v) is 6.20. The van der Waals surface area contributed by atoms with E-state index in [2.05, 4.69) is 10.2 Å². The Bertz CT molecular complexity index is 846. The lowest BCUT2D eigenvalue weighted by atomic mass is 10.2. The molecule has 0 radical (unpaired) electrons. The van der Waals surface area contributed by atoms with Crippen molar-refractivity contribution in [3.05, 3.63) is 17.5 Å². The van der Waals surface area contributed by atoms with E-state index in [4.69, 9.17) is 0 Å². The highest BCUT2D eigenvalue weighted by atomic mass is 32.2. The summed E-state index contributed by atoms with van der Waals surface area (Å²) < 4.78 is 25.2. The Balaban J connectivity index is 1.64. The van der Waals surface area contributed by atoms with E-state index in [1.807, 2.05) is 29.0 Å². The van der Waals surface area contributed by atoms with Crippen LogP contribution in [0.25, 0.3) is 10.7 Å².